The number of benzene rings is 2. The number of methoxy groups -OCH3 is 3. The molecule has 24 heavy (non-hydrogen) atoms. The fourth-order valence-corrected chi connectivity index (χ4v) is 2.70. The molecule has 0 bridgehead atoms. The summed E-state index contributed by atoms with van der Waals surface area (Å²) in [7, 11) is 4.70. The Morgan fingerprint density at radius 1 is 1.04 bits per heavy atom. The lowest BCUT2D eigenvalue weighted by molar-refractivity contribution is -0.116. The van der Waals surface area contributed by atoms with Gasteiger partial charge in [-0.3, -0.25) is 4.79 Å². The number of amides is 1. The maximum Gasteiger partial charge on any atom is 0.224 e. The van der Waals surface area contributed by atoms with Crippen LogP contribution in [0.2, 0.25) is 0 Å². The van der Waals surface area contributed by atoms with Crippen LogP contribution < -0.4 is 19.5 Å². The van der Waals surface area contributed by atoms with Crippen LogP contribution in [0.3, 0.4) is 0 Å². The van der Waals surface area contributed by atoms with Gasteiger partial charge in [-0.25, -0.2) is 0 Å². The van der Waals surface area contributed by atoms with Gasteiger partial charge >= 0.3 is 0 Å². The number of anilines is 1. The smallest absolute Gasteiger partial charge is 0.224 e. The van der Waals surface area contributed by atoms with E-state index in [9.17, 15) is 4.79 Å². The molecule has 0 radical (unpaired) electrons. The lowest BCUT2D eigenvalue weighted by Crippen LogP contribution is -2.12. The van der Waals surface area contributed by atoms with E-state index < -0.39 is 0 Å². The first-order valence-electron chi connectivity index (χ1n) is 7.42. The summed E-state index contributed by atoms with van der Waals surface area (Å²) in [6.45, 7) is 0. The number of ether oxygens (including phenoxy) is 3. The van der Waals surface area contributed by atoms with E-state index in [1.165, 1.54) is 0 Å². The summed E-state index contributed by atoms with van der Waals surface area (Å²) in [5.74, 6) is 1.65. The van der Waals surface area contributed by atoms with Crippen LogP contribution in [0.5, 0.6) is 17.2 Å². The highest BCUT2D eigenvalue weighted by atomic mass is 79.9. The van der Waals surface area contributed by atoms with E-state index in [1.807, 2.05) is 36.4 Å². The fourth-order valence-electron chi connectivity index (χ4n) is 2.31. The Kier molecular flexibility index (Phi) is 6.49. The van der Waals surface area contributed by atoms with Crippen LogP contribution in [-0.4, -0.2) is 27.2 Å². The molecule has 1 N–H and O–H groups in total. The SMILES string of the molecule is COc1cc(CCC(=O)Nc2ccccc2Br)cc(OC)c1OC. The average molecular weight is 394 g/mol. The van der Waals surface area contributed by atoms with E-state index in [0.29, 0.717) is 30.1 Å². The number of nitrogens with one attached hydrogen (secondary N) is 1. The van der Waals surface area contributed by atoms with Crippen LogP contribution in [-0.2, 0) is 11.2 Å². The van der Waals surface area contributed by atoms with Gasteiger partial charge in [-0.1, -0.05) is 12.1 Å². The Morgan fingerprint density at radius 2 is 1.67 bits per heavy atom. The van der Waals surface area contributed by atoms with E-state index in [4.69, 9.17) is 14.2 Å². The highest BCUT2D eigenvalue weighted by molar-refractivity contribution is 9.10. The number of hydrogen-bond donors (Lipinski definition) is 1. The lowest BCUT2D eigenvalue weighted by Gasteiger charge is -2.14. The molecule has 0 aliphatic rings. The number of carbonyl (C=O) groups is 1. The Hall–Kier alpha value is -2.21. The minimum Gasteiger partial charge on any atom is -0.493 e. The van der Waals surface area contributed by atoms with Crippen molar-refractivity contribution >= 4 is 27.5 Å². The predicted octanol–water partition coefficient (Wildman–Crippen LogP) is 4.05. The zero-order valence-corrected chi connectivity index (χ0v) is 15.5. The molecule has 0 spiro atoms. The molecular weight excluding hydrogens is 374 g/mol. The van der Waals surface area contributed by atoms with E-state index >= 15 is 0 Å². The number of aryl methyl sites for hydroxylation is 1. The standard InChI is InChI=1S/C18H20BrNO4/c1-22-15-10-12(11-16(23-2)18(15)24-3)8-9-17(21)20-14-7-5-4-6-13(14)19/h4-7,10-11H,8-9H2,1-3H3,(H,20,21). The number of rotatable bonds is 7. The van der Waals surface area contributed by atoms with Gasteiger partial charge in [0, 0.05) is 10.9 Å². The molecule has 128 valence electrons. The van der Waals surface area contributed by atoms with Gasteiger partial charge in [-0.05, 0) is 52.2 Å². The molecule has 2 rings (SSSR count). The van der Waals surface area contributed by atoms with Crippen LogP contribution in [0.1, 0.15) is 12.0 Å². The third-order valence-corrected chi connectivity index (χ3v) is 4.20. The second-order valence-electron chi connectivity index (χ2n) is 5.06. The normalized spacial score (nSPS) is 10.2. The molecule has 0 aromatic heterocycles. The van der Waals surface area contributed by atoms with Gasteiger partial charge in [0.1, 0.15) is 0 Å². The van der Waals surface area contributed by atoms with E-state index in [1.54, 1.807) is 21.3 Å². The summed E-state index contributed by atoms with van der Waals surface area (Å²) in [6, 6.07) is 11.2. The van der Waals surface area contributed by atoms with Crippen LogP contribution >= 0.6 is 15.9 Å². The third kappa shape index (κ3) is 4.41. The summed E-state index contributed by atoms with van der Waals surface area (Å²) in [4.78, 5) is 12.2. The molecule has 2 aromatic carbocycles. The van der Waals surface area contributed by atoms with Crippen molar-refractivity contribution in [1.82, 2.24) is 0 Å². The van der Waals surface area contributed by atoms with Gasteiger partial charge in [0.05, 0.1) is 27.0 Å². The molecular formula is C18H20BrNO4. The Labute approximate surface area is 150 Å². The van der Waals surface area contributed by atoms with Crippen molar-refractivity contribution in [3.8, 4) is 17.2 Å². The molecule has 5 nitrogen and oxygen atoms in total. The molecule has 0 heterocycles. The minimum absolute atomic E-state index is 0.0596. The maximum atomic E-state index is 12.2. The molecule has 0 aliphatic carbocycles. The van der Waals surface area contributed by atoms with Crippen molar-refractivity contribution in [2.45, 2.75) is 12.8 Å². The topological polar surface area (TPSA) is 56.8 Å². The van der Waals surface area contributed by atoms with Gasteiger partial charge in [0.2, 0.25) is 11.7 Å². The Balaban J connectivity index is 2.06. The number of para-hydroxylation sites is 1. The largest absolute Gasteiger partial charge is 0.493 e. The Bertz CT molecular complexity index is 693. The van der Waals surface area contributed by atoms with Crippen LogP contribution in [0, 0.1) is 0 Å². The highest BCUT2D eigenvalue weighted by Gasteiger charge is 2.14. The monoisotopic (exact) mass is 393 g/mol. The summed E-state index contributed by atoms with van der Waals surface area (Å²) in [5, 5.41) is 2.89. The summed E-state index contributed by atoms with van der Waals surface area (Å²) in [6.07, 6.45) is 0.910. The molecule has 0 unspecified atom stereocenters. The quantitative estimate of drug-likeness (QED) is 0.770. The van der Waals surface area contributed by atoms with Crippen molar-refractivity contribution in [3.05, 3.63) is 46.4 Å². The second-order valence-corrected chi connectivity index (χ2v) is 5.92. The van der Waals surface area contributed by atoms with E-state index in [0.717, 1.165) is 15.7 Å². The number of halogens is 1. The molecule has 1 amide bonds. The summed E-state index contributed by atoms with van der Waals surface area (Å²) >= 11 is 3.41. The third-order valence-electron chi connectivity index (χ3n) is 3.51. The van der Waals surface area contributed by atoms with Crippen molar-refractivity contribution in [1.29, 1.82) is 0 Å². The molecule has 2 aromatic rings. The highest BCUT2D eigenvalue weighted by Crippen LogP contribution is 2.38. The summed E-state index contributed by atoms with van der Waals surface area (Å²) < 4.78 is 16.8. The molecule has 0 saturated carbocycles. The number of hydrogen-bond acceptors (Lipinski definition) is 4. The zero-order chi connectivity index (χ0) is 17.5. The maximum absolute atomic E-state index is 12.2. The zero-order valence-electron chi connectivity index (χ0n) is 13.9. The van der Waals surface area contributed by atoms with Crippen LogP contribution in [0.4, 0.5) is 5.69 Å². The van der Waals surface area contributed by atoms with E-state index in [-0.39, 0.29) is 5.91 Å². The van der Waals surface area contributed by atoms with Gasteiger partial charge in [0.15, 0.2) is 11.5 Å². The first kappa shape index (κ1) is 18.1. The summed E-state index contributed by atoms with van der Waals surface area (Å²) in [5.41, 5.74) is 1.69. The van der Waals surface area contributed by atoms with Gasteiger partial charge in [-0.2, -0.15) is 0 Å². The average Bonchev–Trinajstić information content (AvgIpc) is 2.60. The van der Waals surface area contributed by atoms with Gasteiger partial charge in [-0.15, -0.1) is 0 Å². The van der Waals surface area contributed by atoms with Gasteiger partial charge < -0.3 is 19.5 Å². The Morgan fingerprint density at radius 3 is 2.21 bits per heavy atom. The lowest BCUT2D eigenvalue weighted by atomic mass is 10.1. The van der Waals surface area contributed by atoms with Crippen LogP contribution in [0.25, 0.3) is 0 Å². The second kappa shape index (κ2) is 8.59. The van der Waals surface area contributed by atoms with E-state index in [2.05, 4.69) is 21.2 Å². The van der Waals surface area contributed by atoms with Crippen molar-refractivity contribution < 1.29 is 19.0 Å². The molecule has 0 fully saturated rings. The van der Waals surface area contributed by atoms with Gasteiger partial charge in [0.25, 0.3) is 0 Å². The van der Waals surface area contributed by atoms with Crippen molar-refractivity contribution in [2.24, 2.45) is 0 Å². The first-order valence-corrected chi connectivity index (χ1v) is 8.21. The van der Waals surface area contributed by atoms with Crippen molar-refractivity contribution in [2.75, 3.05) is 26.6 Å². The predicted molar refractivity (Wildman–Crippen MR) is 97.2 cm³/mol. The fraction of sp³-hybridized carbons (Fsp3) is 0.278. The number of carbonyl (C=O) groups excluding carboxylic acids is 1. The van der Waals surface area contributed by atoms with Crippen molar-refractivity contribution in [3.63, 3.8) is 0 Å². The minimum atomic E-state index is -0.0596. The molecule has 0 saturated heterocycles. The molecule has 0 aliphatic heterocycles. The first-order chi connectivity index (χ1) is 11.6. The van der Waals surface area contributed by atoms with Crippen LogP contribution in [0.15, 0.2) is 40.9 Å². The molecule has 0 atom stereocenters. The molecule has 6 heteroatoms.